The van der Waals surface area contributed by atoms with Gasteiger partial charge in [-0.25, -0.2) is 9.18 Å². The number of nitrogens with one attached hydrogen (secondary N) is 1. The number of rotatable bonds is 2. The summed E-state index contributed by atoms with van der Waals surface area (Å²) in [7, 11) is 0. The predicted molar refractivity (Wildman–Crippen MR) is 87.5 cm³/mol. The summed E-state index contributed by atoms with van der Waals surface area (Å²) in [5.74, 6) is 5.16. The Morgan fingerprint density at radius 2 is 2.05 bits per heavy atom. The lowest BCUT2D eigenvalue weighted by Crippen LogP contribution is -2.32. The Balaban J connectivity index is 2.50. The van der Waals surface area contributed by atoms with Crippen LogP contribution in [0.4, 0.5) is 9.18 Å². The van der Waals surface area contributed by atoms with Gasteiger partial charge in [0.05, 0.1) is 5.56 Å². The van der Waals surface area contributed by atoms with Gasteiger partial charge in [-0.1, -0.05) is 27.8 Å². The predicted octanol–water partition coefficient (Wildman–Crippen LogP) is 4.62. The molecular weight excluding hydrogens is 405 g/mol. The monoisotopic (exact) mass is 419 g/mol. The lowest BCUT2D eigenvalue weighted by Gasteiger charge is -2.19. The van der Waals surface area contributed by atoms with Crippen LogP contribution < -0.4 is 5.32 Å². The fraction of sp³-hybridized carbons (Fsp3) is 0.400. The van der Waals surface area contributed by atoms with E-state index in [4.69, 9.17) is 4.74 Å². The van der Waals surface area contributed by atoms with E-state index < -0.39 is 17.5 Å². The van der Waals surface area contributed by atoms with Crippen molar-refractivity contribution in [2.75, 3.05) is 6.54 Å². The Bertz CT molecular complexity index is 563. The van der Waals surface area contributed by atoms with Crippen LogP contribution in [0, 0.1) is 17.7 Å². The van der Waals surface area contributed by atoms with Crippen molar-refractivity contribution in [3.8, 4) is 11.8 Å². The molecule has 6 heteroatoms. The van der Waals surface area contributed by atoms with Gasteiger partial charge in [-0.3, -0.25) is 0 Å². The van der Waals surface area contributed by atoms with Crippen LogP contribution in [0.15, 0.2) is 21.1 Å². The maximum Gasteiger partial charge on any atom is 0.407 e. The molecule has 0 bridgehead atoms. The minimum Gasteiger partial charge on any atom is -0.444 e. The van der Waals surface area contributed by atoms with E-state index in [-0.39, 0.29) is 0 Å². The first-order valence-electron chi connectivity index (χ1n) is 6.29. The highest BCUT2D eigenvalue weighted by Gasteiger charge is 2.15. The average Bonchev–Trinajstić information content (AvgIpc) is 2.29. The van der Waals surface area contributed by atoms with Crippen LogP contribution in [0.1, 0.15) is 32.8 Å². The number of amides is 1. The lowest BCUT2D eigenvalue weighted by atomic mass is 10.2. The molecule has 0 radical (unpaired) electrons. The molecule has 0 aliphatic carbocycles. The first kappa shape index (κ1) is 18.0. The van der Waals surface area contributed by atoms with Gasteiger partial charge in [0.1, 0.15) is 11.4 Å². The summed E-state index contributed by atoms with van der Waals surface area (Å²) in [5.41, 5.74) is -0.225. The standard InChI is InChI=1S/C15H16Br2FNO2/c1-15(2,3)21-14(20)19-7-5-4-6-11-12(17)8-10(16)9-13(11)18/h8-9H,5,7H2,1-3H3,(H,19,20). The van der Waals surface area contributed by atoms with E-state index in [1.165, 1.54) is 6.07 Å². The fourth-order valence-corrected chi connectivity index (χ4v) is 2.63. The highest BCUT2D eigenvalue weighted by Crippen LogP contribution is 2.24. The number of alkyl carbamates (subject to hydrolysis) is 1. The van der Waals surface area contributed by atoms with Gasteiger partial charge in [0.2, 0.25) is 0 Å². The van der Waals surface area contributed by atoms with Crippen LogP contribution in [0.3, 0.4) is 0 Å². The summed E-state index contributed by atoms with van der Waals surface area (Å²) in [5, 5.41) is 2.59. The Hall–Kier alpha value is -1.06. The largest absolute Gasteiger partial charge is 0.444 e. The van der Waals surface area contributed by atoms with Gasteiger partial charge < -0.3 is 10.1 Å². The van der Waals surface area contributed by atoms with Gasteiger partial charge in [0.15, 0.2) is 0 Å². The van der Waals surface area contributed by atoms with Crippen LogP contribution in [0.2, 0.25) is 0 Å². The molecule has 0 saturated heterocycles. The molecular formula is C15H16Br2FNO2. The van der Waals surface area contributed by atoms with E-state index in [0.717, 1.165) is 0 Å². The van der Waals surface area contributed by atoms with Crippen molar-refractivity contribution >= 4 is 38.0 Å². The second-order valence-electron chi connectivity index (χ2n) is 5.22. The number of hydrogen-bond acceptors (Lipinski definition) is 2. The summed E-state index contributed by atoms with van der Waals surface area (Å²) in [6, 6.07) is 3.08. The van der Waals surface area contributed by atoms with Crippen molar-refractivity contribution in [1.29, 1.82) is 0 Å². The summed E-state index contributed by atoms with van der Waals surface area (Å²) in [6.45, 7) is 5.72. The molecule has 0 aliphatic rings. The smallest absolute Gasteiger partial charge is 0.407 e. The quantitative estimate of drug-likeness (QED) is 0.560. The van der Waals surface area contributed by atoms with E-state index in [0.29, 0.717) is 27.5 Å². The lowest BCUT2D eigenvalue weighted by molar-refractivity contribution is 0.0529. The Morgan fingerprint density at radius 3 is 2.62 bits per heavy atom. The molecule has 1 aromatic rings. The zero-order valence-corrected chi connectivity index (χ0v) is 15.2. The molecule has 0 spiro atoms. The summed E-state index contributed by atoms with van der Waals surface area (Å²) in [6.07, 6.45) is -0.0819. The summed E-state index contributed by atoms with van der Waals surface area (Å²) in [4.78, 5) is 11.4. The first-order chi connectivity index (χ1) is 9.69. The van der Waals surface area contributed by atoms with Crippen molar-refractivity contribution in [1.82, 2.24) is 5.32 Å². The van der Waals surface area contributed by atoms with Crippen molar-refractivity contribution in [3.63, 3.8) is 0 Å². The second-order valence-corrected chi connectivity index (χ2v) is 6.99. The Morgan fingerprint density at radius 1 is 1.38 bits per heavy atom. The maximum atomic E-state index is 13.7. The second kappa shape index (κ2) is 7.81. The molecule has 0 heterocycles. The van der Waals surface area contributed by atoms with Crippen molar-refractivity contribution in [3.05, 3.63) is 32.5 Å². The maximum absolute atomic E-state index is 13.7. The van der Waals surface area contributed by atoms with Gasteiger partial charge >= 0.3 is 6.09 Å². The molecule has 1 rings (SSSR count). The van der Waals surface area contributed by atoms with Crippen molar-refractivity contribution in [2.45, 2.75) is 32.8 Å². The van der Waals surface area contributed by atoms with Gasteiger partial charge in [0.25, 0.3) is 0 Å². The highest BCUT2D eigenvalue weighted by molar-refractivity contribution is 9.11. The van der Waals surface area contributed by atoms with Crippen molar-refractivity contribution < 1.29 is 13.9 Å². The van der Waals surface area contributed by atoms with Crippen molar-refractivity contribution in [2.24, 2.45) is 0 Å². The first-order valence-corrected chi connectivity index (χ1v) is 7.88. The molecule has 0 aromatic heterocycles. The molecule has 0 saturated carbocycles. The van der Waals surface area contributed by atoms with Crippen LogP contribution in [-0.4, -0.2) is 18.2 Å². The van der Waals surface area contributed by atoms with Crippen LogP contribution >= 0.6 is 31.9 Å². The number of halogens is 3. The average molecular weight is 421 g/mol. The molecule has 1 amide bonds. The third kappa shape index (κ3) is 6.96. The van der Waals surface area contributed by atoms with Crippen LogP contribution in [-0.2, 0) is 4.74 Å². The Labute approximate surface area is 140 Å². The molecule has 0 fully saturated rings. The van der Waals surface area contributed by atoms with Gasteiger partial charge in [-0.2, -0.15) is 0 Å². The molecule has 0 unspecified atom stereocenters. The SMILES string of the molecule is CC(C)(C)OC(=O)NCCC#Cc1c(F)cc(Br)cc1Br. The third-order valence-electron chi connectivity index (χ3n) is 2.14. The third-order valence-corrected chi connectivity index (χ3v) is 3.22. The molecule has 1 N–H and O–H groups in total. The molecule has 0 aliphatic heterocycles. The number of ether oxygens (including phenoxy) is 1. The van der Waals surface area contributed by atoms with Gasteiger partial charge in [-0.05, 0) is 48.8 Å². The number of benzene rings is 1. The molecule has 1 aromatic carbocycles. The number of hydrogen-bond donors (Lipinski definition) is 1. The highest BCUT2D eigenvalue weighted by atomic mass is 79.9. The number of carbonyl (C=O) groups is 1. The zero-order valence-electron chi connectivity index (χ0n) is 12.0. The number of carbonyl (C=O) groups excluding carboxylic acids is 1. The minimum atomic E-state index is -0.527. The minimum absolute atomic E-state index is 0.301. The normalized spacial score (nSPS) is 10.6. The van der Waals surface area contributed by atoms with E-state index in [1.807, 2.05) is 0 Å². The molecule has 21 heavy (non-hydrogen) atoms. The topological polar surface area (TPSA) is 38.3 Å². The summed E-state index contributed by atoms with van der Waals surface area (Å²) < 4.78 is 20.0. The van der Waals surface area contributed by atoms with Crippen LogP contribution in [0.5, 0.6) is 0 Å². The van der Waals surface area contributed by atoms with Gasteiger partial charge in [-0.15, -0.1) is 0 Å². The Kier molecular flexibility index (Phi) is 6.69. The van der Waals surface area contributed by atoms with E-state index in [9.17, 15) is 9.18 Å². The molecule has 114 valence electrons. The van der Waals surface area contributed by atoms with E-state index in [2.05, 4.69) is 49.0 Å². The zero-order chi connectivity index (χ0) is 16.0. The fourth-order valence-electron chi connectivity index (χ4n) is 1.35. The molecule has 3 nitrogen and oxygen atoms in total. The van der Waals surface area contributed by atoms with E-state index >= 15 is 0 Å². The van der Waals surface area contributed by atoms with E-state index in [1.54, 1.807) is 26.8 Å². The van der Waals surface area contributed by atoms with Crippen LogP contribution in [0.25, 0.3) is 0 Å². The summed E-state index contributed by atoms with van der Waals surface area (Å²) >= 11 is 6.46. The molecule has 0 atom stereocenters. The van der Waals surface area contributed by atoms with Gasteiger partial charge in [0, 0.05) is 21.9 Å².